The van der Waals surface area contributed by atoms with Crippen molar-refractivity contribution in [3.05, 3.63) is 63.3 Å². The van der Waals surface area contributed by atoms with E-state index in [1.165, 1.54) is 12.1 Å². The van der Waals surface area contributed by atoms with Crippen molar-refractivity contribution < 1.29 is 26.7 Å². The predicted octanol–water partition coefficient (Wildman–Crippen LogP) is 4.15. The van der Waals surface area contributed by atoms with Crippen LogP contribution in [-0.4, -0.2) is 48.5 Å². The van der Waals surface area contributed by atoms with Gasteiger partial charge in [0.15, 0.2) is 0 Å². The molecule has 3 fully saturated rings. The van der Waals surface area contributed by atoms with Gasteiger partial charge in [-0.1, -0.05) is 18.2 Å². The number of fused-ring (bicyclic) bond motifs is 1. The Labute approximate surface area is 210 Å². The van der Waals surface area contributed by atoms with Crippen molar-refractivity contribution in [2.45, 2.75) is 44.2 Å². The molecule has 2 saturated carbocycles. The zero-order valence-electron chi connectivity index (χ0n) is 20.5. The number of benzene rings is 1. The van der Waals surface area contributed by atoms with Gasteiger partial charge in [-0.15, -0.1) is 0 Å². The Morgan fingerprint density at radius 2 is 1.78 bits per heavy atom. The molecule has 3 aliphatic rings. The number of anilines is 1. The Hall–Kier alpha value is -2.95. The van der Waals surface area contributed by atoms with Gasteiger partial charge in [0.2, 0.25) is 0 Å². The van der Waals surface area contributed by atoms with E-state index in [0.29, 0.717) is 18.4 Å². The Kier molecular flexibility index (Phi) is 6.32. The average Bonchev–Trinajstić information content (AvgIpc) is 3.72. The fourth-order valence-corrected chi connectivity index (χ4v) is 6.04. The monoisotopic (exact) mass is 524 g/mol. The fraction of sp³-hybridized carbons (Fsp3) is 0.538. The summed E-state index contributed by atoms with van der Waals surface area (Å²) in [6, 6.07) is 3.98. The smallest absolute Gasteiger partial charge is 0.266 e. The molecular formula is C26H29F5N4O2. The molecule has 0 radical (unpaired) electrons. The molecule has 2 heterocycles. The van der Waals surface area contributed by atoms with Crippen LogP contribution in [0, 0.1) is 23.6 Å². The zero-order valence-corrected chi connectivity index (χ0v) is 20.5. The van der Waals surface area contributed by atoms with Crippen LogP contribution in [0.1, 0.15) is 53.7 Å². The van der Waals surface area contributed by atoms with E-state index in [0.717, 1.165) is 36.0 Å². The lowest BCUT2D eigenvalue weighted by molar-refractivity contribution is 0.0649. The van der Waals surface area contributed by atoms with Gasteiger partial charge in [-0.05, 0) is 44.6 Å². The number of halogens is 5. The van der Waals surface area contributed by atoms with Gasteiger partial charge >= 0.3 is 0 Å². The van der Waals surface area contributed by atoms with Crippen LogP contribution in [0.2, 0.25) is 0 Å². The molecule has 37 heavy (non-hydrogen) atoms. The molecule has 2 N–H and O–H groups in total. The second-order valence-corrected chi connectivity index (χ2v) is 10.6. The van der Waals surface area contributed by atoms with E-state index in [4.69, 9.17) is 5.73 Å². The molecule has 1 aromatic carbocycles. The number of rotatable bonds is 9. The van der Waals surface area contributed by atoms with Crippen molar-refractivity contribution in [2.75, 3.05) is 31.6 Å². The van der Waals surface area contributed by atoms with E-state index in [9.17, 15) is 27.2 Å². The van der Waals surface area contributed by atoms with Gasteiger partial charge in [-0.25, -0.2) is 22.0 Å². The van der Waals surface area contributed by atoms with E-state index >= 15 is 4.39 Å². The number of aromatic nitrogens is 1. The average molecular weight is 525 g/mol. The van der Waals surface area contributed by atoms with Crippen molar-refractivity contribution in [3.63, 3.8) is 0 Å². The fourth-order valence-electron chi connectivity index (χ4n) is 6.04. The highest BCUT2D eigenvalue weighted by Gasteiger charge is 2.56. The van der Waals surface area contributed by atoms with Crippen molar-refractivity contribution >= 4 is 11.6 Å². The number of primary amides is 1. The normalized spacial score (nSPS) is 24.8. The summed E-state index contributed by atoms with van der Waals surface area (Å²) in [7, 11) is 2.01. The van der Waals surface area contributed by atoms with Crippen LogP contribution >= 0.6 is 0 Å². The quantitative estimate of drug-likeness (QED) is 0.501. The molecule has 6 nitrogen and oxygen atoms in total. The number of hydrogen-bond donors (Lipinski definition) is 1. The second-order valence-electron chi connectivity index (χ2n) is 10.6. The predicted molar refractivity (Wildman–Crippen MR) is 128 cm³/mol. The lowest BCUT2D eigenvalue weighted by Crippen LogP contribution is -2.39. The molecule has 2 unspecified atom stereocenters. The van der Waals surface area contributed by atoms with Crippen LogP contribution in [0.15, 0.2) is 35.3 Å². The Bertz CT molecular complexity index is 1270. The molecule has 2 aliphatic carbocycles. The molecule has 1 aromatic heterocycles. The molecule has 0 bridgehead atoms. The summed E-state index contributed by atoms with van der Waals surface area (Å²) in [6.07, 6.45) is -4.57. The summed E-state index contributed by atoms with van der Waals surface area (Å²) >= 11 is 0. The molecule has 1 amide bonds. The first kappa shape index (κ1) is 25.7. The van der Waals surface area contributed by atoms with Gasteiger partial charge < -0.3 is 20.1 Å². The van der Waals surface area contributed by atoms with E-state index in [2.05, 4.69) is 4.90 Å². The number of nitrogens with zero attached hydrogens (tertiary/aromatic N) is 3. The lowest BCUT2D eigenvalue weighted by atomic mass is 10.0. The van der Waals surface area contributed by atoms with Gasteiger partial charge in [0, 0.05) is 37.5 Å². The lowest BCUT2D eigenvalue weighted by Gasteiger charge is -2.34. The number of carbonyl (C=O) groups is 1. The molecule has 1 saturated heterocycles. The van der Waals surface area contributed by atoms with Gasteiger partial charge in [0.05, 0.1) is 22.9 Å². The standard InChI is InChI=1S/C26H29F5N4O2/c1-13(14-4-3-5-15(22(14)27)23(28)29)34(11-18-16-9-33(2)10-17(16)18)20-8-21(36)35(12-19(20)24(32)37)26(6-7-26)25(30)31/h3-5,8,12-13,16-18,23,25H,6-7,9-11H2,1-2H3,(H2,32,37)/t13-,16?,17?,18?/m1/s1. The minimum absolute atomic E-state index is 0.0217. The number of pyridine rings is 1. The molecule has 5 rings (SSSR count). The zero-order chi connectivity index (χ0) is 26.8. The van der Waals surface area contributed by atoms with Crippen molar-refractivity contribution in [1.29, 1.82) is 0 Å². The summed E-state index contributed by atoms with van der Waals surface area (Å²) < 4.78 is 70.5. The summed E-state index contributed by atoms with van der Waals surface area (Å²) in [4.78, 5) is 29.5. The number of alkyl halides is 4. The third-order valence-corrected chi connectivity index (χ3v) is 8.43. The highest BCUT2D eigenvalue weighted by atomic mass is 19.3. The van der Waals surface area contributed by atoms with Crippen LogP contribution in [0.4, 0.5) is 27.6 Å². The van der Waals surface area contributed by atoms with Crippen LogP contribution in [-0.2, 0) is 5.54 Å². The maximum Gasteiger partial charge on any atom is 0.266 e. The second kappa shape index (κ2) is 9.11. The first-order valence-corrected chi connectivity index (χ1v) is 12.3. The van der Waals surface area contributed by atoms with Crippen molar-refractivity contribution in [2.24, 2.45) is 23.5 Å². The minimum atomic E-state index is -3.02. The first-order valence-electron chi connectivity index (χ1n) is 12.3. The number of hydrogen-bond acceptors (Lipinski definition) is 4. The van der Waals surface area contributed by atoms with Crippen molar-refractivity contribution in [3.8, 4) is 0 Å². The van der Waals surface area contributed by atoms with Crippen molar-refractivity contribution in [1.82, 2.24) is 9.47 Å². The Morgan fingerprint density at radius 1 is 1.16 bits per heavy atom. The maximum atomic E-state index is 15.2. The largest absolute Gasteiger partial charge is 0.365 e. The topological polar surface area (TPSA) is 71.6 Å². The maximum absolute atomic E-state index is 15.2. The molecular weight excluding hydrogens is 495 g/mol. The van der Waals surface area contributed by atoms with E-state index in [-0.39, 0.29) is 35.6 Å². The highest BCUT2D eigenvalue weighted by molar-refractivity contribution is 5.98. The summed E-state index contributed by atoms with van der Waals surface area (Å²) in [5.41, 5.74) is 2.43. The van der Waals surface area contributed by atoms with Gasteiger partial charge in [0.25, 0.3) is 24.3 Å². The van der Waals surface area contributed by atoms with Gasteiger partial charge in [-0.3, -0.25) is 9.59 Å². The summed E-state index contributed by atoms with van der Waals surface area (Å²) in [5, 5.41) is 0. The molecule has 0 spiro atoms. The molecule has 2 aromatic rings. The van der Waals surface area contributed by atoms with Gasteiger partial charge in [-0.2, -0.15) is 0 Å². The minimum Gasteiger partial charge on any atom is -0.365 e. The third kappa shape index (κ3) is 4.30. The Balaban J connectivity index is 1.60. The van der Waals surface area contributed by atoms with E-state index < -0.39 is 47.3 Å². The number of piperidine rings is 1. The van der Waals surface area contributed by atoms with Gasteiger partial charge in [0.1, 0.15) is 11.4 Å². The van der Waals surface area contributed by atoms with Crippen LogP contribution in [0.5, 0.6) is 0 Å². The van der Waals surface area contributed by atoms with E-state index in [1.54, 1.807) is 11.8 Å². The highest BCUT2D eigenvalue weighted by Crippen LogP contribution is 2.53. The molecule has 1 aliphatic heterocycles. The summed E-state index contributed by atoms with van der Waals surface area (Å²) in [6.45, 7) is 3.67. The van der Waals surface area contributed by atoms with Crippen LogP contribution in [0.3, 0.4) is 0 Å². The van der Waals surface area contributed by atoms with E-state index in [1.807, 2.05) is 7.05 Å². The number of amides is 1. The number of carbonyl (C=O) groups excluding carboxylic acids is 1. The number of nitrogens with two attached hydrogens (primary N) is 1. The SMILES string of the molecule is C[C@H](c1cccc(C(F)F)c1F)N(CC1C2CN(C)CC21)c1cc(=O)n(C2(C(F)F)CC2)cc1C(N)=O. The summed E-state index contributed by atoms with van der Waals surface area (Å²) in [5.74, 6) is -1.05. The van der Waals surface area contributed by atoms with Crippen LogP contribution in [0.25, 0.3) is 0 Å². The molecule has 11 heteroatoms. The molecule has 200 valence electrons. The number of likely N-dealkylation sites (tertiary alicyclic amines) is 1. The molecule has 3 atom stereocenters. The third-order valence-electron chi connectivity index (χ3n) is 8.43. The Morgan fingerprint density at radius 3 is 2.32 bits per heavy atom. The van der Waals surface area contributed by atoms with Crippen LogP contribution < -0.4 is 16.2 Å². The first-order chi connectivity index (χ1) is 17.5.